The topological polar surface area (TPSA) is 78.5 Å². The Morgan fingerprint density at radius 2 is 1.53 bits per heavy atom. The molecule has 0 radical (unpaired) electrons. The average molecular weight is 492 g/mol. The molecule has 1 heterocycles. The Morgan fingerprint density at radius 1 is 0.917 bits per heavy atom. The molecule has 1 aliphatic heterocycles. The van der Waals surface area contributed by atoms with Gasteiger partial charge < -0.3 is 15.5 Å². The summed E-state index contributed by atoms with van der Waals surface area (Å²) in [5, 5.41) is 5.39. The van der Waals surface area contributed by atoms with Crippen LogP contribution in [0.2, 0.25) is 0 Å². The van der Waals surface area contributed by atoms with Crippen LogP contribution in [-0.2, 0) is 20.9 Å². The van der Waals surface area contributed by atoms with Gasteiger partial charge in [-0.25, -0.2) is 8.78 Å². The van der Waals surface area contributed by atoms with E-state index in [2.05, 4.69) is 10.6 Å². The van der Waals surface area contributed by atoms with E-state index in [1.54, 1.807) is 33.0 Å². The van der Waals surface area contributed by atoms with Crippen LogP contribution in [0.25, 0.3) is 11.1 Å². The number of benzene rings is 3. The van der Waals surface area contributed by atoms with Crippen LogP contribution >= 0.6 is 0 Å². The molecule has 0 spiro atoms. The van der Waals surface area contributed by atoms with Gasteiger partial charge in [0.1, 0.15) is 23.6 Å². The zero-order valence-corrected chi connectivity index (χ0v) is 20.2. The van der Waals surface area contributed by atoms with Crippen molar-refractivity contribution >= 4 is 23.4 Å². The number of carbonyl (C=O) groups excluding carboxylic acids is 3. The third kappa shape index (κ3) is 4.98. The van der Waals surface area contributed by atoms with Crippen molar-refractivity contribution in [2.24, 2.45) is 11.8 Å². The van der Waals surface area contributed by atoms with Crippen molar-refractivity contribution in [3.8, 4) is 11.1 Å². The second kappa shape index (κ2) is 10.3. The van der Waals surface area contributed by atoms with Crippen molar-refractivity contribution < 1.29 is 23.2 Å². The van der Waals surface area contributed by atoms with E-state index in [-0.39, 0.29) is 18.0 Å². The minimum Gasteiger partial charge on any atom is -0.351 e. The first kappa shape index (κ1) is 25.0. The van der Waals surface area contributed by atoms with E-state index in [1.807, 2.05) is 36.4 Å². The highest BCUT2D eigenvalue weighted by Gasteiger charge is 2.37. The van der Waals surface area contributed by atoms with Gasteiger partial charge in [0, 0.05) is 25.2 Å². The Balaban J connectivity index is 1.59. The minimum absolute atomic E-state index is 0.146. The summed E-state index contributed by atoms with van der Waals surface area (Å²) >= 11 is 0. The number of carbonyl (C=O) groups is 3. The van der Waals surface area contributed by atoms with Crippen LogP contribution in [0.3, 0.4) is 0 Å². The molecule has 0 aromatic heterocycles. The zero-order chi connectivity index (χ0) is 26.0. The quantitative estimate of drug-likeness (QED) is 0.503. The number of likely N-dealkylation sites (N-methyl/N-ethyl adjacent to an activating group) is 1. The number of nitrogens with zero attached hydrogens (tertiary/aromatic N) is 1. The van der Waals surface area contributed by atoms with E-state index in [9.17, 15) is 23.2 Å². The van der Waals surface area contributed by atoms with Crippen LogP contribution in [0.15, 0.2) is 66.7 Å². The molecule has 3 aromatic rings. The summed E-state index contributed by atoms with van der Waals surface area (Å²) in [6.45, 7) is 3.29. The lowest BCUT2D eigenvalue weighted by molar-refractivity contribution is -0.139. The van der Waals surface area contributed by atoms with Gasteiger partial charge in [-0.15, -0.1) is 0 Å². The van der Waals surface area contributed by atoms with Gasteiger partial charge in [0.05, 0.1) is 5.69 Å². The van der Waals surface area contributed by atoms with E-state index in [0.29, 0.717) is 11.3 Å². The lowest BCUT2D eigenvalue weighted by atomic mass is 9.91. The molecule has 0 fully saturated rings. The Labute approximate surface area is 208 Å². The number of halogens is 2. The van der Waals surface area contributed by atoms with Crippen molar-refractivity contribution in [2.45, 2.75) is 26.4 Å². The molecule has 0 saturated carbocycles. The largest absolute Gasteiger partial charge is 0.351 e. The van der Waals surface area contributed by atoms with Crippen LogP contribution in [0.1, 0.15) is 31.0 Å². The fraction of sp³-hybridized carbons (Fsp3) is 0.250. The van der Waals surface area contributed by atoms with Gasteiger partial charge in [-0.1, -0.05) is 56.3 Å². The Morgan fingerprint density at radius 3 is 2.19 bits per heavy atom. The van der Waals surface area contributed by atoms with Gasteiger partial charge in [-0.05, 0) is 40.8 Å². The number of hydrogen-bond donors (Lipinski definition) is 2. The van der Waals surface area contributed by atoms with Gasteiger partial charge in [0.2, 0.25) is 11.8 Å². The van der Waals surface area contributed by atoms with Crippen LogP contribution in [0.5, 0.6) is 0 Å². The third-order valence-electron chi connectivity index (χ3n) is 6.31. The lowest BCUT2D eigenvalue weighted by Gasteiger charge is -2.26. The fourth-order valence-electron chi connectivity index (χ4n) is 4.54. The van der Waals surface area contributed by atoms with Crippen LogP contribution in [0, 0.1) is 23.5 Å². The Hall–Kier alpha value is -4.07. The number of fused-ring (bicyclic) bond motifs is 3. The maximum absolute atomic E-state index is 13.5. The molecule has 3 amide bonds. The van der Waals surface area contributed by atoms with Crippen molar-refractivity contribution in [3.05, 3.63) is 89.5 Å². The van der Waals surface area contributed by atoms with Gasteiger partial charge in [-0.3, -0.25) is 14.4 Å². The summed E-state index contributed by atoms with van der Waals surface area (Å²) in [6, 6.07) is 16.8. The van der Waals surface area contributed by atoms with Gasteiger partial charge in [0.15, 0.2) is 0 Å². The molecule has 8 heteroatoms. The van der Waals surface area contributed by atoms with Crippen LogP contribution < -0.4 is 15.5 Å². The Kier molecular flexibility index (Phi) is 7.15. The fourth-order valence-corrected chi connectivity index (χ4v) is 4.54. The molecule has 0 aliphatic carbocycles. The number of para-hydroxylation sites is 1. The molecular formula is C28H27F2N3O3. The minimum atomic E-state index is -1.13. The molecule has 36 heavy (non-hydrogen) atoms. The molecule has 4 rings (SSSR count). The summed E-state index contributed by atoms with van der Waals surface area (Å²) in [4.78, 5) is 41.4. The highest BCUT2D eigenvalue weighted by Crippen LogP contribution is 2.39. The van der Waals surface area contributed by atoms with Gasteiger partial charge >= 0.3 is 0 Å². The maximum atomic E-state index is 13.5. The molecule has 0 bridgehead atoms. The van der Waals surface area contributed by atoms with Crippen LogP contribution in [-0.4, -0.2) is 24.8 Å². The standard InChI is InChI=1S/C28H27F2N3O3/c1-16(2)24(26(34)31-15-17-12-18(29)14-19(30)13-17)27(35)32-25-22-10-5-4-8-20(22)21-9-6-7-11-23(21)33(3)28(25)36/h4-14,16,24-25H,15H2,1-3H3,(H,31,34)(H,32,35)/t24-,25-/m1/s1. The van der Waals surface area contributed by atoms with Gasteiger partial charge in [0.25, 0.3) is 5.91 Å². The number of nitrogens with one attached hydrogen (secondary N) is 2. The Bertz CT molecular complexity index is 1300. The summed E-state index contributed by atoms with van der Waals surface area (Å²) in [6.07, 6.45) is 0. The first-order valence-corrected chi connectivity index (χ1v) is 11.7. The first-order chi connectivity index (χ1) is 17.2. The molecular weight excluding hydrogens is 464 g/mol. The van der Waals surface area contributed by atoms with Gasteiger partial charge in [-0.2, -0.15) is 0 Å². The maximum Gasteiger partial charge on any atom is 0.253 e. The summed E-state index contributed by atoms with van der Waals surface area (Å²) in [7, 11) is 1.65. The highest BCUT2D eigenvalue weighted by atomic mass is 19.1. The summed E-state index contributed by atoms with van der Waals surface area (Å²) < 4.78 is 27.0. The van der Waals surface area contributed by atoms with E-state index in [0.717, 1.165) is 29.3 Å². The predicted octanol–water partition coefficient (Wildman–Crippen LogP) is 4.35. The molecule has 6 nitrogen and oxygen atoms in total. The molecule has 3 aromatic carbocycles. The SMILES string of the molecule is CC(C)[C@H](C(=O)NCc1cc(F)cc(F)c1)C(=O)N[C@H]1C(=O)N(C)c2ccccc2-c2ccccc21. The normalized spacial score (nSPS) is 15.6. The highest BCUT2D eigenvalue weighted by molar-refractivity contribution is 6.08. The molecule has 0 saturated heterocycles. The van der Waals surface area contributed by atoms with E-state index in [4.69, 9.17) is 0 Å². The number of amides is 3. The third-order valence-corrected chi connectivity index (χ3v) is 6.31. The van der Waals surface area contributed by atoms with Crippen molar-refractivity contribution in [3.63, 3.8) is 0 Å². The predicted molar refractivity (Wildman–Crippen MR) is 133 cm³/mol. The second-order valence-corrected chi connectivity index (χ2v) is 9.16. The van der Waals surface area contributed by atoms with Crippen molar-refractivity contribution in [1.29, 1.82) is 0 Å². The molecule has 2 atom stereocenters. The summed E-state index contributed by atoms with van der Waals surface area (Å²) in [5.74, 6) is -4.58. The smallest absolute Gasteiger partial charge is 0.253 e. The molecule has 0 unspecified atom stereocenters. The van der Waals surface area contributed by atoms with E-state index >= 15 is 0 Å². The molecule has 1 aliphatic rings. The van der Waals surface area contributed by atoms with Crippen molar-refractivity contribution in [2.75, 3.05) is 11.9 Å². The monoisotopic (exact) mass is 491 g/mol. The average Bonchev–Trinajstić information content (AvgIpc) is 2.92. The zero-order valence-electron chi connectivity index (χ0n) is 20.2. The van der Waals surface area contributed by atoms with Crippen LogP contribution in [0.4, 0.5) is 14.5 Å². The lowest BCUT2D eigenvalue weighted by Crippen LogP contribution is -2.48. The van der Waals surface area contributed by atoms with E-state index in [1.165, 1.54) is 4.90 Å². The second-order valence-electron chi connectivity index (χ2n) is 9.16. The number of hydrogen-bond acceptors (Lipinski definition) is 3. The first-order valence-electron chi connectivity index (χ1n) is 11.7. The van der Waals surface area contributed by atoms with Crippen molar-refractivity contribution in [1.82, 2.24) is 10.6 Å². The summed E-state index contributed by atoms with van der Waals surface area (Å²) in [5.41, 5.74) is 3.25. The molecule has 186 valence electrons. The molecule has 2 N–H and O–H groups in total. The number of anilines is 1. The van der Waals surface area contributed by atoms with E-state index < -0.39 is 41.3 Å². The number of rotatable bonds is 6.